The lowest BCUT2D eigenvalue weighted by molar-refractivity contribution is -0.742. The summed E-state index contributed by atoms with van der Waals surface area (Å²) in [7, 11) is 0. The van der Waals surface area contributed by atoms with Gasteiger partial charge in [-0.1, -0.05) is 30.3 Å². The van der Waals surface area contributed by atoms with E-state index >= 15 is 0 Å². The number of guanidine groups is 1. The predicted octanol–water partition coefficient (Wildman–Crippen LogP) is 0.476. The van der Waals surface area contributed by atoms with Crippen LogP contribution in [-0.2, 0) is 11.3 Å². The van der Waals surface area contributed by atoms with Crippen molar-refractivity contribution >= 4 is 5.96 Å². The van der Waals surface area contributed by atoms with Gasteiger partial charge in [-0.05, 0) is 23.6 Å². The van der Waals surface area contributed by atoms with Crippen molar-refractivity contribution in [2.24, 2.45) is 16.6 Å². The second kappa shape index (κ2) is 9.70. The third-order valence-corrected chi connectivity index (χ3v) is 1.71. The maximum Gasteiger partial charge on any atom is 0.291 e. The summed E-state index contributed by atoms with van der Waals surface area (Å²) in [6, 6.07) is 10.2. The van der Waals surface area contributed by atoms with Crippen LogP contribution in [0.25, 0.3) is 0 Å². The third kappa shape index (κ3) is 11.6. The Bertz CT molecular complexity index is 361. The molecule has 0 radical (unpaired) electrons. The van der Waals surface area contributed by atoms with Crippen molar-refractivity contribution in [2.45, 2.75) is 12.8 Å². The van der Waals surface area contributed by atoms with E-state index in [4.69, 9.17) is 31.6 Å². The highest BCUT2D eigenvalue weighted by Crippen LogP contribution is 2.02. The second-order valence-electron chi connectivity index (χ2n) is 3.18. The van der Waals surface area contributed by atoms with Crippen molar-refractivity contribution in [2.75, 3.05) is 6.61 Å². The van der Waals surface area contributed by atoms with Crippen LogP contribution in [0.2, 0.25) is 0 Å². The van der Waals surface area contributed by atoms with Crippen LogP contribution in [0.15, 0.2) is 35.5 Å². The van der Waals surface area contributed by atoms with Crippen molar-refractivity contribution in [3.05, 3.63) is 46.0 Å². The molecule has 0 aliphatic rings. The van der Waals surface area contributed by atoms with E-state index in [0.29, 0.717) is 6.61 Å². The van der Waals surface area contributed by atoms with Crippen molar-refractivity contribution in [1.82, 2.24) is 0 Å². The maximum absolute atomic E-state index is 8.36. The van der Waals surface area contributed by atoms with Crippen LogP contribution in [0.1, 0.15) is 12.0 Å². The van der Waals surface area contributed by atoms with Gasteiger partial charge in [0.25, 0.3) is 5.09 Å². The molecule has 0 aliphatic carbocycles. The predicted molar refractivity (Wildman–Crippen MR) is 65.3 cm³/mol. The summed E-state index contributed by atoms with van der Waals surface area (Å²) in [5.74, 6) is -0.0373. The maximum atomic E-state index is 8.36. The number of aryl methyl sites for hydroxylation is 1. The first kappa shape index (κ1) is 15.5. The van der Waals surface area contributed by atoms with E-state index < -0.39 is 5.09 Å². The number of nitrogens with two attached hydrogens (primary N) is 2. The molecule has 0 aliphatic heterocycles. The first-order valence-electron chi connectivity index (χ1n) is 5.10. The van der Waals surface area contributed by atoms with Crippen LogP contribution in [-0.4, -0.2) is 22.9 Å². The van der Waals surface area contributed by atoms with Gasteiger partial charge in [-0.15, -0.1) is 10.1 Å². The molecule has 1 rings (SSSR count). The number of hydrogen-bond acceptors (Lipinski definition) is 4. The molecule has 0 aromatic heterocycles. The molecular weight excluding hydrogens is 240 g/mol. The van der Waals surface area contributed by atoms with E-state index in [1.807, 2.05) is 18.2 Å². The lowest BCUT2D eigenvalue weighted by atomic mass is 10.1. The largest absolute Gasteiger partial charge is 0.393 e. The summed E-state index contributed by atoms with van der Waals surface area (Å²) < 4.78 is 0. The monoisotopic (exact) mass is 256 g/mol. The van der Waals surface area contributed by atoms with Crippen LogP contribution < -0.4 is 11.5 Å². The molecule has 0 bridgehead atoms. The molecule has 0 heterocycles. The topological polar surface area (TPSA) is 137 Å². The van der Waals surface area contributed by atoms with Crippen LogP contribution in [0, 0.1) is 10.1 Å². The summed E-state index contributed by atoms with van der Waals surface area (Å²) >= 11 is 0. The highest BCUT2D eigenvalue weighted by atomic mass is 16.9. The fraction of sp³-hybridized carbons (Fsp3) is 0.300. The average Bonchev–Trinajstić information content (AvgIpc) is 2.29. The highest BCUT2D eigenvalue weighted by Gasteiger charge is 1.91. The Balaban J connectivity index is 0.000000631. The summed E-state index contributed by atoms with van der Waals surface area (Å²) in [6.45, 7) is 0.535. The molecule has 1 aromatic rings. The summed E-state index contributed by atoms with van der Waals surface area (Å²) in [5, 5.41) is 17.1. The Morgan fingerprint density at radius 2 is 1.94 bits per heavy atom. The molecule has 0 unspecified atom stereocenters. The fourth-order valence-electron chi connectivity index (χ4n) is 1.11. The first-order chi connectivity index (χ1) is 8.52. The molecule has 100 valence electrons. The molecule has 1 aromatic carbocycles. The SMILES string of the molecule is NC(N)=NOCCCc1ccccc1.O=[N+]([O-])O. The van der Waals surface area contributed by atoms with E-state index in [1.165, 1.54) is 5.56 Å². The van der Waals surface area contributed by atoms with Gasteiger partial charge in [0.05, 0.1) is 0 Å². The summed E-state index contributed by atoms with van der Waals surface area (Å²) in [5.41, 5.74) is 11.5. The van der Waals surface area contributed by atoms with Gasteiger partial charge in [0.1, 0.15) is 6.61 Å². The molecular formula is C10H16N4O4. The molecule has 0 saturated heterocycles. The van der Waals surface area contributed by atoms with Crippen LogP contribution in [0.3, 0.4) is 0 Å². The molecule has 0 fully saturated rings. The Morgan fingerprint density at radius 1 is 1.39 bits per heavy atom. The molecule has 8 nitrogen and oxygen atoms in total. The lowest BCUT2D eigenvalue weighted by Crippen LogP contribution is -2.22. The van der Waals surface area contributed by atoms with Crippen molar-refractivity contribution in [3.63, 3.8) is 0 Å². The van der Waals surface area contributed by atoms with Gasteiger partial charge in [-0.25, -0.2) is 0 Å². The van der Waals surface area contributed by atoms with Gasteiger partial charge in [0, 0.05) is 0 Å². The molecule has 0 saturated carbocycles. The minimum Gasteiger partial charge on any atom is -0.393 e. The molecule has 0 amide bonds. The molecule has 18 heavy (non-hydrogen) atoms. The zero-order valence-corrected chi connectivity index (χ0v) is 9.73. The zero-order valence-electron chi connectivity index (χ0n) is 9.73. The third-order valence-electron chi connectivity index (χ3n) is 1.71. The highest BCUT2D eigenvalue weighted by molar-refractivity contribution is 5.74. The van der Waals surface area contributed by atoms with Gasteiger partial charge < -0.3 is 21.5 Å². The van der Waals surface area contributed by atoms with E-state index in [1.54, 1.807) is 0 Å². The quantitative estimate of drug-likeness (QED) is 0.230. The number of benzene rings is 1. The molecule has 0 atom stereocenters. The summed E-state index contributed by atoms with van der Waals surface area (Å²) in [4.78, 5) is 13.2. The van der Waals surface area contributed by atoms with Gasteiger partial charge in [-0.2, -0.15) is 0 Å². The molecule has 0 spiro atoms. The second-order valence-corrected chi connectivity index (χ2v) is 3.18. The van der Waals surface area contributed by atoms with Crippen LogP contribution in [0.5, 0.6) is 0 Å². The Morgan fingerprint density at radius 3 is 2.44 bits per heavy atom. The lowest BCUT2D eigenvalue weighted by Gasteiger charge is -2.00. The van der Waals surface area contributed by atoms with Gasteiger partial charge in [0.15, 0.2) is 0 Å². The van der Waals surface area contributed by atoms with Crippen molar-refractivity contribution < 1.29 is 15.1 Å². The van der Waals surface area contributed by atoms with E-state index in [0.717, 1.165) is 12.8 Å². The van der Waals surface area contributed by atoms with Crippen LogP contribution >= 0.6 is 0 Å². The number of hydrogen-bond donors (Lipinski definition) is 3. The molecule has 8 heteroatoms. The van der Waals surface area contributed by atoms with Gasteiger partial charge in [0.2, 0.25) is 5.96 Å². The number of nitrogens with zero attached hydrogens (tertiary/aromatic N) is 2. The van der Waals surface area contributed by atoms with Crippen LogP contribution in [0.4, 0.5) is 0 Å². The number of rotatable bonds is 5. The normalized spacial score (nSPS) is 8.67. The Hall–Kier alpha value is -2.51. The summed E-state index contributed by atoms with van der Waals surface area (Å²) in [6.07, 6.45) is 1.88. The van der Waals surface area contributed by atoms with Crippen molar-refractivity contribution in [3.8, 4) is 0 Å². The van der Waals surface area contributed by atoms with Gasteiger partial charge in [-0.3, -0.25) is 0 Å². The van der Waals surface area contributed by atoms with E-state index in [-0.39, 0.29) is 5.96 Å². The molecule has 5 N–H and O–H groups in total. The minimum absolute atomic E-state index is 0.0373. The minimum atomic E-state index is -1.50. The van der Waals surface area contributed by atoms with E-state index in [9.17, 15) is 0 Å². The Labute approximate surface area is 104 Å². The van der Waals surface area contributed by atoms with Crippen molar-refractivity contribution in [1.29, 1.82) is 0 Å². The number of oxime groups is 1. The first-order valence-corrected chi connectivity index (χ1v) is 5.10. The van der Waals surface area contributed by atoms with E-state index in [2.05, 4.69) is 17.3 Å². The average molecular weight is 256 g/mol. The smallest absolute Gasteiger partial charge is 0.291 e. The fourth-order valence-corrected chi connectivity index (χ4v) is 1.11. The Kier molecular flexibility index (Phi) is 8.35. The van der Waals surface area contributed by atoms with Gasteiger partial charge >= 0.3 is 0 Å². The zero-order chi connectivity index (χ0) is 13.8. The standard InChI is InChI=1S/C10H15N3O.HNO3/c11-10(12)13-14-8-4-7-9-5-2-1-3-6-9;2-1(3)4/h1-3,5-6H,4,7-8H2,(H4,11,12,13);(H,2,3,4).